The second-order valence-corrected chi connectivity index (χ2v) is 6.84. The van der Waals surface area contributed by atoms with Crippen molar-refractivity contribution in [2.24, 2.45) is 7.05 Å². The fourth-order valence-corrected chi connectivity index (χ4v) is 3.42. The van der Waals surface area contributed by atoms with Gasteiger partial charge in [-0.3, -0.25) is 14.8 Å². The van der Waals surface area contributed by atoms with Crippen LogP contribution in [0.5, 0.6) is 0 Å². The summed E-state index contributed by atoms with van der Waals surface area (Å²) in [5.74, 6) is -0.209. The molecule has 3 rings (SSSR count). The molecule has 0 unspecified atom stereocenters. The van der Waals surface area contributed by atoms with Crippen LogP contribution in [0.25, 0.3) is 11.0 Å². The Morgan fingerprint density at radius 1 is 1.33 bits per heavy atom. The van der Waals surface area contributed by atoms with Crippen LogP contribution >= 0.6 is 11.3 Å². The van der Waals surface area contributed by atoms with Crippen molar-refractivity contribution in [1.82, 2.24) is 25.0 Å². The minimum Gasteiger partial charge on any atom is -0.296 e. The lowest BCUT2D eigenvalue weighted by molar-refractivity contribution is 0.102. The predicted molar refractivity (Wildman–Crippen MR) is 94.5 cm³/mol. The highest BCUT2D eigenvalue weighted by Gasteiger charge is 2.19. The molecule has 126 valence electrons. The van der Waals surface area contributed by atoms with Gasteiger partial charge in [-0.1, -0.05) is 24.7 Å². The summed E-state index contributed by atoms with van der Waals surface area (Å²) in [7, 11) is 1.83. The molecule has 0 bridgehead atoms. The van der Waals surface area contributed by atoms with E-state index in [0.717, 1.165) is 41.0 Å². The van der Waals surface area contributed by atoms with Crippen LogP contribution < -0.4 is 5.32 Å². The van der Waals surface area contributed by atoms with Crippen molar-refractivity contribution in [2.75, 3.05) is 5.32 Å². The lowest BCUT2D eigenvalue weighted by atomic mass is 10.1. The lowest BCUT2D eigenvalue weighted by Crippen LogP contribution is -2.13. The van der Waals surface area contributed by atoms with Crippen molar-refractivity contribution in [1.29, 1.82) is 0 Å². The Hall–Kier alpha value is -2.35. The molecule has 7 nitrogen and oxygen atoms in total. The SMILES string of the molecule is CCCCc1nnc(NC(=O)c2cc(C)nc3c2c(C)nn3C)s1. The van der Waals surface area contributed by atoms with Gasteiger partial charge in [0.05, 0.1) is 16.6 Å². The lowest BCUT2D eigenvalue weighted by Gasteiger charge is -2.05. The number of anilines is 1. The molecular formula is C16H20N6OS. The van der Waals surface area contributed by atoms with Crippen LogP contribution in [0.3, 0.4) is 0 Å². The van der Waals surface area contributed by atoms with Crippen LogP contribution in [0, 0.1) is 13.8 Å². The second-order valence-electron chi connectivity index (χ2n) is 5.78. The maximum absolute atomic E-state index is 12.7. The fourth-order valence-electron chi connectivity index (χ4n) is 2.65. The smallest absolute Gasteiger partial charge is 0.258 e. The number of pyridine rings is 1. The number of rotatable bonds is 5. The standard InChI is InChI=1S/C16H20N6OS/c1-5-6-7-12-19-20-16(24-12)18-15(23)11-8-9(2)17-14-13(11)10(3)21-22(14)4/h8H,5-7H2,1-4H3,(H,18,20,23). The van der Waals surface area contributed by atoms with Gasteiger partial charge in [-0.15, -0.1) is 10.2 Å². The molecule has 0 atom stereocenters. The van der Waals surface area contributed by atoms with E-state index in [1.807, 2.05) is 20.9 Å². The third kappa shape index (κ3) is 3.14. The minimum atomic E-state index is -0.209. The largest absolute Gasteiger partial charge is 0.296 e. The second kappa shape index (κ2) is 6.64. The van der Waals surface area contributed by atoms with Gasteiger partial charge in [0.15, 0.2) is 5.65 Å². The number of carbonyl (C=O) groups is 1. The van der Waals surface area contributed by atoms with E-state index in [1.165, 1.54) is 11.3 Å². The molecule has 0 aliphatic heterocycles. The summed E-state index contributed by atoms with van der Waals surface area (Å²) < 4.78 is 1.70. The summed E-state index contributed by atoms with van der Waals surface area (Å²) in [4.78, 5) is 17.2. The van der Waals surface area contributed by atoms with Crippen LogP contribution in [0.4, 0.5) is 5.13 Å². The number of carbonyl (C=O) groups excluding carboxylic acids is 1. The number of unbranched alkanes of at least 4 members (excludes halogenated alkanes) is 1. The predicted octanol–water partition coefficient (Wildman–Crippen LogP) is 3.03. The third-order valence-electron chi connectivity index (χ3n) is 3.77. The first-order valence-corrected chi connectivity index (χ1v) is 8.76. The number of nitrogens with zero attached hydrogens (tertiary/aromatic N) is 5. The van der Waals surface area contributed by atoms with Gasteiger partial charge in [-0.2, -0.15) is 5.10 Å². The number of nitrogens with one attached hydrogen (secondary N) is 1. The molecule has 0 fully saturated rings. The number of aromatic nitrogens is 5. The van der Waals surface area contributed by atoms with E-state index in [2.05, 4.69) is 32.5 Å². The van der Waals surface area contributed by atoms with Crippen molar-refractivity contribution in [3.8, 4) is 0 Å². The Morgan fingerprint density at radius 2 is 2.12 bits per heavy atom. The molecule has 0 aliphatic carbocycles. The van der Waals surface area contributed by atoms with Crippen LogP contribution in [0.2, 0.25) is 0 Å². The summed E-state index contributed by atoms with van der Waals surface area (Å²) in [6.45, 7) is 5.88. The molecule has 1 amide bonds. The van der Waals surface area contributed by atoms with Gasteiger partial charge in [-0.25, -0.2) is 4.98 Å². The van der Waals surface area contributed by atoms with Crippen molar-refractivity contribution >= 4 is 33.4 Å². The summed E-state index contributed by atoms with van der Waals surface area (Å²) in [6.07, 6.45) is 3.07. The molecule has 3 aromatic rings. The normalized spacial score (nSPS) is 11.2. The molecule has 0 saturated heterocycles. The number of amides is 1. The highest BCUT2D eigenvalue weighted by molar-refractivity contribution is 7.15. The Morgan fingerprint density at radius 3 is 2.88 bits per heavy atom. The zero-order valence-electron chi connectivity index (χ0n) is 14.3. The maximum atomic E-state index is 12.7. The van der Waals surface area contributed by atoms with Crippen molar-refractivity contribution < 1.29 is 4.79 Å². The van der Waals surface area contributed by atoms with E-state index in [-0.39, 0.29) is 5.91 Å². The quantitative estimate of drug-likeness (QED) is 0.769. The molecule has 0 aromatic carbocycles. The first-order chi connectivity index (χ1) is 11.5. The highest BCUT2D eigenvalue weighted by Crippen LogP contribution is 2.24. The van der Waals surface area contributed by atoms with Gasteiger partial charge in [0.2, 0.25) is 5.13 Å². The molecule has 0 saturated carbocycles. The summed E-state index contributed by atoms with van der Waals surface area (Å²) >= 11 is 1.42. The Bertz CT molecular complexity index is 897. The monoisotopic (exact) mass is 344 g/mol. The zero-order valence-corrected chi connectivity index (χ0v) is 15.1. The third-order valence-corrected chi connectivity index (χ3v) is 4.67. The number of hydrogen-bond donors (Lipinski definition) is 1. The van der Waals surface area contributed by atoms with Gasteiger partial charge in [0, 0.05) is 19.2 Å². The van der Waals surface area contributed by atoms with Crippen LogP contribution in [-0.4, -0.2) is 30.9 Å². The van der Waals surface area contributed by atoms with E-state index in [0.29, 0.717) is 16.3 Å². The number of hydrogen-bond acceptors (Lipinski definition) is 6. The average Bonchev–Trinajstić information content (AvgIpc) is 3.09. The van der Waals surface area contributed by atoms with Gasteiger partial charge >= 0.3 is 0 Å². The van der Waals surface area contributed by atoms with Crippen molar-refractivity contribution in [3.63, 3.8) is 0 Å². The summed E-state index contributed by atoms with van der Waals surface area (Å²) in [5.41, 5.74) is 2.83. The van der Waals surface area contributed by atoms with Gasteiger partial charge in [-0.05, 0) is 26.3 Å². The topological polar surface area (TPSA) is 85.6 Å². The van der Waals surface area contributed by atoms with Gasteiger partial charge in [0.1, 0.15) is 5.01 Å². The first-order valence-electron chi connectivity index (χ1n) is 7.94. The van der Waals surface area contributed by atoms with Gasteiger partial charge < -0.3 is 0 Å². The molecule has 3 heterocycles. The minimum absolute atomic E-state index is 0.209. The molecule has 24 heavy (non-hydrogen) atoms. The fraction of sp³-hybridized carbons (Fsp3) is 0.438. The molecule has 8 heteroatoms. The molecule has 3 aromatic heterocycles. The Balaban J connectivity index is 1.90. The van der Waals surface area contributed by atoms with E-state index in [9.17, 15) is 4.79 Å². The molecule has 0 spiro atoms. The van der Waals surface area contributed by atoms with E-state index in [1.54, 1.807) is 10.7 Å². The molecule has 0 radical (unpaired) electrons. The van der Waals surface area contributed by atoms with E-state index < -0.39 is 0 Å². The average molecular weight is 344 g/mol. The Kier molecular flexibility index (Phi) is 4.57. The maximum Gasteiger partial charge on any atom is 0.258 e. The Labute approximate surface area is 144 Å². The molecular weight excluding hydrogens is 324 g/mol. The van der Waals surface area contributed by atoms with Crippen LogP contribution in [-0.2, 0) is 13.5 Å². The molecule has 1 N–H and O–H groups in total. The van der Waals surface area contributed by atoms with Crippen molar-refractivity contribution in [2.45, 2.75) is 40.0 Å². The van der Waals surface area contributed by atoms with Crippen LogP contribution in [0.15, 0.2) is 6.07 Å². The zero-order chi connectivity index (χ0) is 17.3. The summed E-state index contributed by atoms with van der Waals surface area (Å²) in [6, 6.07) is 1.78. The number of fused-ring (bicyclic) bond motifs is 1. The van der Waals surface area contributed by atoms with E-state index in [4.69, 9.17) is 0 Å². The van der Waals surface area contributed by atoms with E-state index >= 15 is 0 Å². The number of aryl methyl sites for hydroxylation is 4. The van der Waals surface area contributed by atoms with Crippen molar-refractivity contribution in [3.05, 3.63) is 28.0 Å². The molecule has 0 aliphatic rings. The first kappa shape index (κ1) is 16.5. The highest BCUT2D eigenvalue weighted by atomic mass is 32.1. The van der Waals surface area contributed by atoms with Gasteiger partial charge in [0.25, 0.3) is 5.91 Å². The van der Waals surface area contributed by atoms with Crippen LogP contribution in [0.1, 0.15) is 46.5 Å². The summed E-state index contributed by atoms with van der Waals surface area (Å²) in [5, 5.41) is 17.7.